The number of aliphatic hydroxyl groups is 1. The lowest BCUT2D eigenvalue weighted by atomic mass is 10.2. The summed E-state index contributed by atoms with van der Waals surface area (Å²) in [5.41, 5.74) is 0.697. The molecule has 0 aliphatic rings. The smallest absolute Gasteiger partial charge is 0.215 e. The van der Waals surface area contributed by atoms with Crippen molar-refractivity contribution in [3.63, 3.8) is 0 Å². The molecule has 1 unspecified atom stereocenters. The molecule has 23 heavy (non-hydrogen) atoms. The Morgan fingerprint density at radius 3 is 2.74 bits per heavy atom. The van der Waals surface area contributed by atoms with E-state index in [4.69, 9.17) is 0 Å². The lowest BCUT2D eigenvalue weighted by Gasteiger charge is -2.00. The second-order valence-corrected chi connectivity index (χ2v) is 7.78. The monoisotopic (exact) mass is 347 g/mol. The summed E-state index contributed by atoms with van der Waals surface area (Å²) in [4.78, 5) is 4.11. The fourth-order valence-electron chi connectivity index (χ4n) is 1.93. The minimum absolute atomic E-state index is 0.262. The van der Waals surface area contributed by atoms with Crippen molar-refractivity contribution in [3.05, 3.63) is 65.6 Å². The number of H-pyrrole nitrogens is 1. The van der Waals surface area contributed by atoms with E-state index in [1.807, 2.05) is 0 Å². The maximum absolute atomic E-state index is 12.5. The molecule has 1 aromatic carbocycles. The summed E-state index contributed by atoms with van der Waals surface area (Å²) in [5.74, 6) is 0.327. The van der Waals surface area contributed by atoms with Crippen LogP contribution >= 0.6 is 11.3 Å². The molecule has 6 nitrogen and oxygen atoms in total. The molecule has 2 N–H and O–H groups in total. The maximum atomic E-state index is 12.5. The normalized spacial score (nSPS) is 13.4. The molecule has 2 aromatic heterocycles. The van der Waals surface area contributed by atoms with Crippen molar-refractivity contribution in [2.75, 3.05) is 0 Å². The van der Waals surface area contributed by atoms with E-state index >= 15 is 0 Å². The summed E-state index contributed by atoms with van der Waals surface area (Å²) < 4.78 is 25.2. The van der Waals surface area contributed by atoms with Crippen molar-refractivity contribution in [3.8, 4) is 0 Å². The number of aromatic amines is 1. The number of hydrogen-bond acceptors (Lipinski definition) is 6. The van der Waals surface area contributed by atoms with Crippen LogP contribution in [0.4, 0.5) is 0 Å². The van der Waals surface area contributed by atoms with Crippen LogP contribution in [0.3, 0.4) is 0 Å². The van der Waals surface area contributed by atoms with Gasteiger partial charge in [-0.1, -0.05) is 24.3 Å². The first-order valence-electron chi connectivity index (χ1n) is 6.67. The third-order valence-electron chi connectivity index (χ3n) is 3.10. The van der Waals surface area contributed by atoms with Gasteiger partial charge in [0.15, 0.2) is 5.82 Å². The highest BCUT2D eigenvalue weighted by Gasteiger charge is 2.19. The Kier molecular flexibility index (Phi) is 4.37. The molecule has 0 aliphatic heterocycles. The number of rotatable bonds is 5. The van der Waals surface area contributed by atoms with Crippen LogP contribution in [0.5, 0.6) is 0 Å². The molecule has 3 rings (SSSR count). The van der Waals surface area contributed by atoms with Gasteiger partial charge >= 0.3 is 0 Å². The van der Waals surface area contributed by atoms with E-state index in [0.29, 0.717) is 11.4 Å². The quantitative estimate of drug-likeness (QED) is 0.739. The molecule has 0 radical (unpaired) electrons. The predicted molar refractivity (Wildman–Crippen MR) is 86.6 cm³/mol. The van der Waals surface area contributed by atoms with Crippen LogP contribution in [0.15, 0.2) is 63.3 Å². The standard InChI is InChI=1S/C15H13N3O3S2/c19-13(15-16-10-17-18-15)7-6-11-8-14(22-9-11)23(20,21)12-4-2-1-3-5-12/h1-10,13,19H,(H,16,17,18). The zero-order valence-corrected chi connectivity index (χ0v) is 13.5. The number of thiophene rings is 1. The Hall–Kier alpha value is -2.29. The summed E-state index contributed by atoms with van der Waals surface area (Å²) in [6.07, 6.45) is 3.54. The number of nitrogens with zero attached hydrogens (tertiary/aromatic N) is 2. The fourth-order valence-corrected chi connectivity index (χ4v) is 4.51. The Bertz CT molecular complexity index is 901. The van der Waals surface area contributed by atoms with E-state index < -0.39 is 15.9 Å². The summed E-state index contributed by atoms with van der Waals surface area (Å²) >= 11 is 1.14. The number of sulfone groups is 1. The summed E-state index contributed by atoms with van der Waals surface area (Å²) in [6, 6.07) is 9.86. The van der Waals surface area contributed by atoms with Gasteiger partial charge in [0.05, 0.1) is 4.90 Å². The third-order valence-corrected chi connectivity index (χ3v) is 6.33. The number of aliphatic hydroxyl groups excluding tert-OH is 1. The molecule has 1 atom stereocenters. The second-order valence-electron chi connectivity index (χ2n) is 4.69. The second kappa shape index (κ2) is 6.45. The molecule has 0 saturated heterocycles. The van der Waals surface area contributed by atoms with Crippen LogP contribution in [-0.2, 0) is 9.84 Å². The first-order chi connectivity index (χ1) is 11.1. The van der Waals surface area contributed by atoms with Crippen molar-refractivity contribution < 1.29 is 13.5 Å². The van der Waals surface area contributed by atoms with Gasteiger partial charge in [-0.25, -0.2) is 13.4 Å². The number of nitrogens with one attached hydrogen (secondary N) is 1. The maximum Gasteiger partial charge on any atom is 0.215 e. The van der Waals surface area contributed by atoms with Crippen LogP contribution < -0.4 is 0 Å². The lowest BCUT2D eigenvalue weighted by Crippen LogP contribution is -1.98. The molecule has 118 valence electrons. The molecule has 3 aromatic rings. The molecular formula is C15H13N3O3S2. The van der Waals surface area contributed by atoms with Crippen molar-refractivity contribution in [2.24, 2.45) is 0 Å². The van der Waals surface area contributed by atoms with Crippen molar-refractivity contribution in [2.45, 2.75) is 15.2 Å². The minimum Gasteiger partial charge on any atom is -0.381 e. The van der Waals surface area contributed by atoms with Crippen LogP contribution in [0.25, 0.3) is 6.08 Å². The highest BCUT2D eigenvalue weighted by Crippen LogP contribution is 2.27. The minimum atomic E-state index is -3.51. The van der Waals surface area contributed by atoms with Gasteiger partial charge in [-0.05, 0) is 35.2 Å². The highest BCUT2D eigenvalue weighted by molar-refractivity contribution is 7.93. The molecule has 8 heteroatoms. The Labute approximate surface area is 137 Å². The molecule has 0 saturated carbocycles. The van der Waals surface area contributed by atoms with Crippen LogP contribution in [-0.4, -0.2) is 28.7 Å². The molecule has 0 aliphatic carbocycles. The van der Waals surface area contributed by atoms with Crippen molar-refractivity contribution in [1.82, 2.24) is 15.2 Å². The molecule has 0 spiro atoms. The Morgan fingerprint density at radius 1 is 1.26 bits per heavy atom. The molecular weight excluding hydrogens is 334 g/mol. The number of aromatic nitrogens is 3. The van der Waals surface area contributed by atoms with Gasteiger partial charge in [-0.2, -0.15) is 5.10 Å². The van der Waals surface area contributed by atoms with Crippen LogP contribution in [0, 0.1) is 0 Å². The zero-order chi connectivity index (χ0) is 16.3. The third kappa shape index (κ3) is 3.39. The van der Waals surface area contributed by atoms with Gasteiger partial charge in [0.25, 0.3) is 0 Å². The average Bonchev–Trinajstić information content (AvgIpc) is 3.25. The van der Waals surface area contributed by atoms with Crippen molar-refractivity contribution in [1.29, 1.82) is 0 Å². The van der Waals surface area contributed by atoms with E-state index in [0.717, 1.165) is 11.3 Å². The van der Waals surface area contributed by atoms with E-state index in [1.165, 1.54) is 12.4 Å². The van der Waals surface area contributed by atoms with Gasteiger partial charge < -0.3 is 5.11 Å². The van der Waals surface area contributed by atoms with E-state index in [1.54, 1.807) is 47.9 Å². The Morgan fingerprint density at radius 2 is 2.04 bits per heavy atom. The topological polar surface area (TPSA) is 95.9 Å². The highest BCUT2D eigenvalue weighted by atomic mass is 32.2. The van der Waals surface area contributed by atoms with Gasteiger partial charge in [0.1, 0.15) is 16.6 Å². The van der Waals surface area contributed by atoms with Crippen LogP contribution in [0.1, 0.15) is 17.5 Å². The lowest BCUT2D eigenvalue weighted by molar-refractivity contribution is 0.219. The summed E-state index contributed by atoms with van der Waals surface area (Å²) in [7, 11) is -3.51. The SMILES string of the molecule is O=S(=O)(c1ccccc1)c1cc(C=CC(O)c2ncn[nH]2)cs1. The van der Waals surface area contributed by atoms with Gasteiger partial charge in [0.2, 0.25) is 9.84 Å². The fraction of sp³-hybridized carbons (Fsp3) is 0.0667. The van der Waals surface area contributed by atoms with E-state index in [9.17, 15) is 13.5 Å². The first kappa shape index (κ1) is 15.6. The van der Waals surface area contributed by atoms with Gasteiger partial charge in [0, 0.05) is 0 Å². The van der Waals surface area contributed by atoms with Gasteiger partial charge in [-0.15, -0.1) is 11.3 Å². The predicted octanol–water partition coefficient (Wildman–Crippen LogP) is 2.45. The zero-order valence-electron chi connectivity index (χ0n) is 11.8. The van der Waals surface area contributed by atoms with Gasteiger partial charge in [-0.3, -0.25) is 5.10 Å². The molecule has 0 amide bonds. The number of hydrogen-bond donors (Lipinski definition) is 2. The molecule has 0 bridgehead atoms. The summed E-state index contributed by atoms with van der Waals surface area (Å²) in [5, 5.41) is 17.8. The average molecular weight is 347 g/mol. The largest absolute Gasteiger partial charge is 0.381 e. The molecule has 0 fully saturated rings. The number of benzene rings is 1. The van der Waals surface area contributed by atoms with Crippen LogP contribution in [0.2, 0.25) is 0 Å². The first-order valence-corrected chi connectivity index (χ1v) is 9.04. The van der Waals surface area contributed by atoms with E-state index in [-0.39, 0.29) is 9.10 Å². The summed E-state index contributed by atoms with van der Waals surface area (Å²) in [6.45, 7) is 0. The van der Waals surface area contributed by atoms with Crippen molar-refractivity contribution >= 4 is 27.3 Å². The Balaban J connectivity index is 1.81. The van der Waals surface area contributed by atoms with E-state index in [2.05, 4.69) is 15.2 Å². The molecule has 2 heterocycles.